The van der Waals surface area contributed by atoms with Crippen LogP contribution in [0.5, 0.6) is 0 Å². The minimum atomic E-state index is -1.02. The van der Waals surface area contributed by atoms with Gasteiger partial charge in [0, 0.05) is 19.5 Å². The van der Waals surface area contributed by atoms with Crippen molar-refractivity contribution in [1.82, 2.24) is 10.3 Å². The van der Waals surface area contributed by atoms with Gasteiger partial charge in [-0.15, -0.1) is 0 Å². The van der Waals surface area contributed by atoms with E-state index in [4.69, 9.17) is 0 Å². The second-order valence-corrected chi connectivity index (χ2v) is 6.43. The van der Waals surface area contributed by atoms with Crippen LogP contribution in [0.3, 0.4) is 0 Å². The Hall–Kier alpha value is -2.63. The van der Waals surface area contributed by atoms with Crippen LogP contribution >= 0.6 is 0 Å². The molecule has 0 fully saturated rings. The van der Waals surface area contributed by atoms with Crippen LogP contribution in [0.15, 0.2) is 30.3 Å². The number of rotatable bonds is 6. The Bertz CT molecular complexity index is 756. The number of carboxylic acid groups (broad SMARTS) is 1. The first-order valence-corrected chi connectivity index (χ1v) is 7.90. The maximum absolute atomic E-state index is 12.7. The molecule has 6 nitrogen and oxygen atoms in total. The SMILES string of the molecule is CC(C)CC(NC(=O)c1cc(N(C)C)nc2ccccc12)C(=O)O. The lowest BCUT2D eigenvalue weighted by Gasteiger charge is -2.18. The van der Waals surface area contributed by atoms with E-state index in [9.17, 15) is 14.7 Å². The minimum Gasteiger partial charge on any atom is -0.480 e. The van der Waals surface area contributed by atoms with Gasteiger partial charge >= 0.3 is 5.97 Å². The van der Waals surface area contributed by atoms with Crippen molar-refractivity contribution in [2.24, 2.45) is 5.92 Å². The second-order valence-electron chi connectivity index (χ2n) is 6.43. The number of anilines is 1. The van der Waals surface area contributed by atoms with Gasteiger partial charge in [-0.05, 0) is 24.5 Å². The summed E-state index contributed by atoms with van der Waals surface area (Å²) in [6.07, 6.45) is 0.380. The van der Waals surface area contributed by atoms with E-state index in [0.717, 1.165) is 0 Å². The predicted octanol–water partition coefficient (Wildman–Crippen LogP) is 2.53. The summed E-state index contributed by atoms with van der Waals surface area (Å²) in [5.41, 5.74) is 1.13. The van der Waals surface area contributed by atoms with E-state index in [2.05, 4.69) is 10.3 Å². The van der Waals surface area contributed by atoms with Crippen LogP contribution in [0.25, 0.3) is 10.9 Å². The molecule has 2 N–H and O–H groups in total. The molecule has 0 saturated heterocycles. The maximum atomic E-state index is 12.7. The molecular weight excluding hydrogens is 306 g/mol. The molecule has 1 heterocycles. The molecule has 0 aliphatic heterocycles. The van der Waals surface area contributed by atoms with Crippen LogP contribution < -0.4 is 10.2 Å². The second kappa shape index (κ2) is 7.29. The van der Waals surface area contributed by atoms with Crippen molar-refractivity contribution in [2.75, 3.05) is 19.0 Å². The third kappa shape index (κ3) is 4.01. The van der Waals surface area contributed by atoms with Gasteiger partial charge in [0.15, 0.2) is 0 Å². The third-order valence-corrected chi connectivity index (χ3v) is 3.72. The average Bonchev–Trinajstić information content (AvgIpc) is 2.52. The monoisotopic (exact) mass is 329 g/mol. The molecule has 0 bridgehead atoms. The molecule has 2 aromatic rings. The number of carbonyl (C=O) groups excluding carboxylic acids is 1. The van der Waals surface area contributed by atoms with Crippen molar-refractivity contribution in [1.29, 1.82) is 0 Å². The summed E-state index contributed by atoms with van der Waals surface area (Å²) in [7, 11) is 3.69. The van der Waals surface area contributed by atoms with E-state index in [1.807, 2.05) is 57.1 Å². The first-order chi connectivity index (χ1) is 11.3. The molecule has 1 unspecified atom stereocenters. The van der Waals surface area contributed by atoms with Gasteiger partial charge in [-0.2, -0.15) is 0 Å². The predicted molar refractivity (Wildman–Crippen MR) is 94.4 cm³/mol. The Kier molecular flexibility index (Phi) is 5.39. The fraction of sp³-hybridized carbons (Fsp3) is 0.389. The van der Waals surface area contributed by atoms with Crippen LogP contribution in [0.2, 0.25) is 0 Å². The normalized spacial score (nSPS) is 12.2. The van der Waals surface area contributed by atoms with E-state index in [-0.39, 0.29) is 5.92 Å². The molecule has 0 aliphatic carbocycles. The number of nitrogens with zero attached hydrogens (tertiary/aromatic N) is 2. The summed E-state index contributed by atoms with van der Waals surface area (Å²) >= 11 is 0. The van der Waals surface area contributed by atoms with Crippen LogP contribution in [0, 0.1) is 5.92 Å². The number of para-hydroxylation sites is 1. The van der Waals surface area contributed by atoms with Crippen molar-refractivity contribution in [3.63, 3.8) is 0 Å². The van der Waals surface area contributed by atoms with Crippen LogP contribution in [-0.2, 0) is 4.79 Å². The lowest BCUT2D eigenvalue weighted by atomic mass is 10.0. The maximum Gasteiger partial charge on any atom is 0.326 e. The number of aliphatic carboxylic acids is 1. The van der Waals surface area contributed by atoms with Gasteiger partial charge in [0.25, 0.3) is 5.91 Å². The van der Waals surface area contributed by atoms with Gasteiger partial charge < -0.3 is 15.3 Å². The number of carboxylic acids is 1. The molecule has 6 heteroatoms. The lowest BCUT2D eigenvalue weighted by molar-refractivity contribution is -0.139. The highest BCUT2D eigenvalue weighted by Crippen LogP contribution is 2.22. The van der Waals surface area contributed by atoms with Crippen molar-refractivity contribution < 1.29 is 14.7 Å². The standard InChI is InChI=1S/C18H23N3O3/c1-11(2)9-15(18(23)24)20-17(22)13-10-16(21(3)4)19-14-8-6-5-7-12(13)14/h5-8,10-11,15H,9H2,1-4H3,(H,20,22)(H,23,24). The highest BCUT2D eigenvalue weighted by atomic mass is 16.4. The number of aromatic nitrogens is 1. The summed E-state index contributed by atoms with van der Waals surface area (Å²) in [6, 6.07) is 8.11. The molecular formula is C18H23N3O3. The quantitative estimate of drug-likeness (QED) is 0.851. The fourth-order valence-electron chi connectivity index (χ4n) is 2.51. The van der Waals surface area contributed by atoms with Gasteiger partial charge in [0.1, 0.15) is 11.9 Å². The molecule has 0 saturated carbocycles. The Morgan fingerprint density at radius 1 is 1.25 bits per heavy atom. The van der Waals surface area contributed by atoms with E-state index < -0.39 is 17.9 Å². The molecule has 24 heavy (non-hydrogen) atoms. The number of hydrogen-bond donors (Lipinski definition) is 2. The molecule has 1 amide bonds. The van der Waals surface area contributed by atoms with Crippen molar-refractivity contribution >= 4 is 28.6 Å². The first-order valence-electron chi connectivity index (χ1n) is 7.90. The first kappa shape index (κ1) is 17.7. The molecule has 128 valence electrons. The Morgan fingerprint density at radius 2 is 1.92 bits per heavy atom. The average molecular weight is 329 g/mol. The molecule has 0 radical (unpaired) electrons. The van der Waals surface area contributed by atoms with Crippen molar-refractivity contribution in [3.8, 4) is 0 Å². The van der Waals surface area contributed by atoms with Gasteiger partial charge in [-0.25, -0.2) is 9.78 Å². The van der Waals surface area contributed by atoms with Crippen LogP contribution in [0.4, 0.5) is 5.82 Å². The largest absolute Gasteiger partial charge is 0.480 e. The van der Waals surface area contributed by atoms with E-state index in [1.165, 1.54) is 0 Å². The number of carbonyl (C=O) groups is 2. The summed E-state index contributed by atoms with van der Waals surface area (Å²) in [5, 5.41) is 12.7. The lowest BCUT2D eigenvalue weighted by Crippen LogP contribution is -2.41. The van der Waals surface area contributed by atoms with E-state index >= 15 is 0 Å². The summed E-state index contributed by atoms with van der Waals surface area (Å²) in [5.74, 6) is -0.611. The molecule has 1 aromatic heterocycles. The summed E-state index contributed by atoms with van der Waals surface area (Å²) < 4.78 is 0. The summed E-state index contributed by atoms with van der Waals surface area (Å²) in [4.78, 5) is 30.4. The Morgan fingerprint density at radius 3 is 2.50 bits per heavy atom. The number of fused-ring (bicyclic) bond motifs is 1. The van der Waals surface area contributed by atoms with Gasteiger partial charge in [-0.3, -0.25) is 4.79 Å². The highest BCUT2D eigenvalue weighted by Gasteiger charge is 2.23. The number of benzene rings is 1. The topological polar surface area (TPSA) is 82.5 Å². The van der Waals surface area contributed by atoms with E-state index in [0.29, 0.717) is 28.7 Å². The Balaban J connectivity index is 2.42. The van der Waals surface area contributed by atoms with Crippen molar-refractivity contribution in [3.05, 3.63) is 35.9 Å². The highest BCUT2D eigenvalue weighted by molar-refractivity contribution is 6.07. The zero-order valence-electron chi connectivity index (χ0n) is 14.4. The zero-order chi connectivity index (χ0) is 17.9. The molecule has 0 aliphatic rings. The van der Waals surface area contributed by atoms with Gasteiger partial charge in [-0.1, -0.05) is 32.0 Å². The fourth-order valence-corrected chi connectivity index (χ4v) is 2.51. The third-order valence-electron chi connectivity index (χ3n) is 3.72. The number of hydrogen-bond acceptors (Lipinski definition) is 4. The smallest absolute Gasteiger partial charge is 0.326 e. The van der Waals surface area contributed by atoms with Gasteiger partial charge in [0.2, 0.25) is 0 Å². The Labute approximate surface area is 141 Å². The molecule has 0 spiro atoms. The van der Waals surface area contributed by atoms with E-state index in [1.54, 1.807) is 6.07 Å². The van der Waals surface area contributed by atoms with Crippen LogP contribution in [0.1, 0.15) is 30.6 Å². The zero-order valence-corrected chi connectivity index (χ0v) is 14.4. The number of amides is 1. The van der Waals surface area contributed by atoms with Crippen LogP contribution in [-0.4, -0.2) is 42.1 Å². The number of nitrogens with one attached hydrogen (secondary N) is 1. The molecule has 2 rings (SSSR count). The van der Waals surface area contributed by atoms with Crippen molar-refractivity contribution in [2.45, 2.75) is 26.3 Å². The molecule has 1 atom stereocenters. The van der Waals surface area contributed by atoms with Gasteiger partial charge in [0.05, 0.1) is 11.1 Å². The molecule has 1 aromatic carbocycles. The number of pyridine rings is 1. The summed E-state index contributed by atoms with van der Waals surface area (Å²) in [6.45, 7) is 3.85. The minimum absolute atomic E-state index is 0.165.